The minimum atomic E-state index is -0.479. The van der Waals surface area contributed by atoms with Gasteiger partial charge in [0.25, 0.3) is 0 Å². The highest BCUT2D eigenvalue weighted by atomic mass is 16.3. The van der Waals surface area contributed by atoms with Gasteiger partial charge in [-0.3, -0.25) is 9.59 Å². The predicted octanol–water partition coefficient (Wildman–Crippen LogP) is 3.91. The first-order valence-corrected chi connectivity index (χ1v) is 9.62. The quantitative estimate of drug-likeness (QED) is 0.482. The van der Waals surface area contributed by atoms with E-state index < -0.39 is 5.91 Å². The van der Waals surface area contributed by atoms with Gasteiger partial charge in [-0.25, -0.2) is 0 Å². The topological polar surface area (TPSA) is 116 Å². The molecule has 0 aliphatic rings. The predicted molar refractivity (Wildman–Crippen MR) is 120 cm³/mol. The number of carbonyl (C=O) groups excluding carboxylic acids is 2. The highest BCUT2D eigenvalue weighted by molar-refractivity contribution is 6.00. The van der Waals surface area contributed by atoms with Crippen LogP contribution in [0.2, 0.25) is 0 Å². The molecule has 0 saturated carbocycles. The molecule has 6 heteroatoms. The van der Waals surface area contributed by atoms with E-state index >= 15 is 0 Å². The van der Waals surface area contributed by atoms with Crippen molar-refractivity contribution in [3.8, 4) is 5.75 Å². The molecule has 3 rings (SSSR count). The van der Waals surface area contributed by atoms with Crippen molar-refractivity contribution in [3.63, 3.8) is 0 Å². The molecule has 5 N–H and O–H groups in total. The third kappa shape index (κ3) is 5.67. The largest absolute Gasteiger partial charge is 0.508 e. The van der Waals surface area contributed by atoms with Crippen LogP contribution in [0.4, 0.5) is 0 Å². The first kappa shape index (κ1) is 22.6. The van der Waals surface area contributed by atoms with Crippen molar-refractivity contribution in [2.45, 2.75) is 27.3 Å². The second-order valence-electron chi connectivity index (χ2n) is 7.24. The summed E-state index contributed by atoms with van der Waals surface area (Å²) in [5.74, 6) is -0.254. The van der Waals surface area contributed by atoms with E-state index in [0.717, 1.165) is 21.9 Å². The first-order chi connectivity index (χ1) is 14.2. The second-order valence-corrected chi connectivity index (χ2v) is 7.24. The van der Waals surface area contributed by atoms with E-state index in [1.165, 1.54) is 18.3 Å². The van der Waals surface area contributed by atoms with E-state index in [-0.39, 0.29) is 17.6 Å². The molecular formula is C24H27N3O3. The Balaban J connectivity index is 0.000000248. The molecule has 0 unspecified atom stereocenters. The molecule has 0 fully saturated rings. The van der Waals surface area contributed by atoms with E-state index in [4.69, 9.17) is 16.2 Å². The van der Waals surface area contributed by atoms with Crippen LogP contribution in [0.3, 0.4) is 0 Å². The van der Waals surface area contributed by atoms with Crippen molar-refractivity contribution in [2.75, 3.05) is 0 Å². The van der Waals surface area contributed by atoms with Crippen LogP contribution in [0, 0.1) is 18.3 Å². The summed E-state index contributed by atoms with van der Waals surface area (Å²) in [5, 5.41) is 21.6. The summed E-state index contributed by atoms with van der Waals surface area (Å²) in [6.07, 6.45) is 1.36. The van der Waals surface area contributed by atoms with Crippen molar-refractivity contribution in [1.29, 1.82) is 5.41 Å². The minimum absolute atomic E-state index is 0.00730. The maximum absolute atomic E-state index is 11.6. The molecule has 156 valence electrons. The Morgan fingerprint density at radius 2 is 1.77 bits per heavy atom. The van der Waals surface area contributed by atoms with Gasteiger partial charge in [-0.1, -0.05) is 50.2 Å². The Bertz CT molecular complexity index is 1070. The van der Waals surface area contributed by atoms with Gasteiger partial charge in [-0.2, -0.15) is 0 Å². The summed E-state index contributed by atoms with van der Waals surface area (Å²) in [6.45, 7) is 5.99. The lowest BCUT2D eigenvalue weighted by Crippen LogP contribution is -2.27. The number of aromatic hydroxyl groups is 1. The number of amides is 2. The van der Waals surface area contributed by atoms with Crippen LogP contribution < -0.4 is 11.1 Å². The molecule has 0 aromatic heterocycles. The Labute approximate surface area is 176 Å². The number of hydrogen-bond donors (Lipinski definition) is 4. The lowest BCUT2D eigenvalue weighted by Gasteiger charge is -2.11. The maximum atomic E-state index is 11.6. The lowest BCUT2D eigenvalue weighted by atomic mass is 10.00. The molecule has 0 heterocycles. The van der Waals surface area contributed by atoms with Crippen molar-refractivity contribution in [2.24, 2.45) is 11.7 Å². The van der Waals surface area contributed by atoms with Crippen molar-refractivity contribution in [1.82, 2.24) is 5.32 Å². The first-order valence-electron chi connectivity index (χ1n) is 9.62. The Morgan fingerprint density at radius 1 is 1.10 bits per heavy atom. The zero-order valence-electron chi connectivity index (χ0n) is 17.4. The SMILES string of the molecule is CC(C)C(=O)NCc1ccc(C=N)c2ccccc12.Cc1cc(C(N)=O)ccc1O. The Kier molecular flexibility index (Phi) is 7.69. The highest BCUT2D eigenvalue weighted by Crippen LogP contribution is 2.22. The molecule has 0 radical (unpaired) electrons. The lowest BCUT2D eigenvalue weighted by molar-refractivity contribution is -0.124. The smallest absolute Gasteiger partial charge is 0.248 e. The molecule has 2 amide bonds. The van der Waals surface area contributed by atoms with Gasteiger partial charge in [0.1, 0.15) is 5.75 Å². The average Bonchev–Trinajstić information content (AvgIpc) is 2.73. The summed E-state index contributed by atoms with van der Waals surface area (Å²) in [6, 6.07) is 16.4. The van der Waals surface area contributed by atoms with E-state index in [1.54, 1.807) is 13.0 Å². The van der Waals surface area contributed by atoms with Gasteiger partial charge < -0.3 is 21.6 Å². The Morgan fingerprint density at radius 3 is 2.33 bits per heavy atom. The summed E-state index contributed by atoms with van der Waals surface area (Å²) in [5.41, 5.74) is 8.06. The molecule has 0 spiro atoms. The van der Waals surface area contributed by atoms with Crippen LogP contribution in [0.15, 0.2) is 54.6 Å². The number of phenols is 1. The van der Waals surface area contributed by atoms with Crippen LogP contribution in [-0.4, -0.2) is 23.1 Å². The van der Waals surface area contributed by atoms with Crippen molar-refractivity contribution >= 4 is 28.8 Å². The maximum Gasteiger partial charge on any atom is 0.248 e. The van der Waals surface area contributed by atoms with E-state index in [1.807, 2.05) is 50.2 Å². The fourth-order valence-electron chi connectivity index (χ4n) is 2.86. The molecule has 0 saturated heterocycles. The van der Waals surface area contributed by atoms with Gasteiger partial charge in [0, 0.05) is 24.2 Å². The fraction of sp³-hybridized carbons (Fsp3) is 0.208. The molecule has 30 heavy (non-hydrogen) atoms. The number of phenolic OH excluding ortho intramolecular Hbond substituents is 1. The molecule has 0 aliphatic carbocycles. The fourth-order valence-corrected chi connectivity index (χ4v) is 2.86. The minimum Gasteiger partial charge on any atom is -0.508 e. The van der Waals surface area contributed by atoms with Crippen LogP contribution in [0.5, 0.6) is 5.75 Å². The van der Waals surface area contributed by atoms with Crippen LogP contribution in [0.1, 0.15) is 40.9 Å². The van der Waals surface area contributed by atoms with Crippen LogP contribution in [0.25, 0.3) is 10.8 Å². The van der Waals surface area contributed by atoms with E-state index in [9.17, 15) is 9.59 Å². The number of primary amides is 1. The molecule has 0 atom stereocenters. The Hall–Kier alpha value is -3.67. The monoisotopic (exact) mass is 405 g/mol. The van der Waals surface area contributed by atoms with Gasteiger partial charge in [0.15, 0.2) is 0 Å². The number of rotatable bonds is 5. The van der Waals surface area contributed by atoms with Gasteiger partial charge in [-0.15, -0.1) is 0 Å². The summed E-state index contributed by atoms with van der Waals surface area (Å²) in [4.78, 5) is 22.2. The van der Waals surface area contributed by atoms with Gasteiger partial charge >= 0.3 is 0 Å². The third-order valence-corrected chi connectivity index (χ3v) is 4.66. The van der Waals surface area contributed by atoms with Gasteiger partial charge in [-0.05, 0) is 52.6 Å². The summed E-state index contributed by atoms with van der Waals surface area (Å²) >= 11 is 0. The molecular weight excluding hydrogens is 378 g/mol. The number of aryl methyl sites for hydroxylation is 1. The zero-order chi connectivity index (χ0) is 22.3. The standard InChI is InChI=1S/C16H18N2O.C8H9NO2/c1-11(2)16(19)18-10-13-8-7-12(9-17)14-5-3-4-6-15(13)14;1-5-4-6(8(9)11)2-3-7(5)10/h3-9,11,17H,10H2,1-2H3,(H,18,19);2-4,10H,1H3,(H2,9,11). The number of fused-ring (bicyclic) bond motifs is 1. The van der Waals surface area contributed by atoms with Gasteiger partial charge in [0.2, 0.25) is 11.8 Å². The summed E-state index contributed by atoms with van der Waals surface area (Å²) < 4.78 is 0. The molecule has 6 nitrogen and oxygen atoms in total. The molecule has 3 aromatic carbocycles. The number of nitrogens with two attached hydrogens (primary N) is 1. The average molecular weight is 405 g/mol. The van der Waals surface area contributed by atoms with Crippen molar-refractivity contribution < 1.29 is 14.7 Å². The second kappa shape index (κ2) is 10.2. The highest BCUT2D eigenvalue weighted by Gasteiger charge is 2.08. The summed E-state index contributed by atoms with van der Waals surface area (Å²) in [7, 11) is 0. The van der Waals surface area contributed by atoms with Crippen molar-refractivity contribution in [3.05, 3.63) is 76.9 Å². The molecule has 0 bridgehead atoms. The van der Waals surface area contributed by atoms with E-state index in [0.29, 0.717) is 17.7 Å². The zero-order valence-corrected chi connectivity index (χ0v) is 17.4. The number of carbonyl (C=O) groups is 2. The molecule has 0 aliphatic heterocycles. The number of hydrogen-bond acceptors (Lipinski definition) is 4. The molecule has 3 aromatic rings. The number of benzene rings is 3. The third-order valence-electron chi connectivity index (χ3n) is 4.66. The normalized spacial score (nSPS) is 10.3. The number of nitrogens with one attached hydrogen (secondary N) is 2. The van der Waals surface area contributed by atoms with Crippen LogP contribution >= 0.6 is 0 Å². The van der Waals surface area contributed by atoms with E-state index in [2.05, 4.69) is 5.32 Å². The van der Waals surface area contributed by atoms with Crippen LogP contribution in [-0.2, 0) is 11.3 Å². The van der Waals surface area contributed by atoms with Gasteiger partial charge in [0.05, 0.1) is 0 Å².